The molecule has 46 heavy (non-hydrogen) atoms. The largest absolute Gasteiger partial charge is 0.426 e. The first-order chi connectivity index (χ1) is 21.9. The number of unbranched alkanes of at least 4 members (excludes halogenated alkanes) is 2. The van der Waals surface area contributed by atoms with E-state index in [4.69, 9.17) is 4.74 Å². The van der Waals surface area contributed by atoms with Gasteiger partial charge in [0.15, 0.2) is 0 Å². The second-order valence-electron chi connectivity index (χ2n) is 14.7. The maximum atomic E-state index is 13.5. The van der Waals surface area contributed by atoms with Crippen LogP contribution in [0.2, 0.25) is 0 Å². The lowest BCUT2D eigenvalue weighted by atomic mass is 9.62. The first kappa shape index (κ1) is 44.1. The van der Waals surface area contributed by atoms with Gasteiger partial charge in [-0.15, -0.1) is 13.2 Å². The highest BCUT2D eigenvalue weighted by Crippen LogP contribution is 2.55. The van der Waals surface area contributed by atoms with Crippen molar-refractivity contribution in [3.8, 4) is 5.75 Å². The van der Waals surface area contributed by atoms with Crippen molar-refractivity contribution in [1.82, 2.24) is 0 Å². The van der Waals surface area contributed by atoms with Gasteiger partial charge in [0.25, 0.3) is 0 Å². The smallest absolute Gasteiger partial charge is 0.317 e. The number of esters is 1. The zero-order valence-corrected chi connectivity index (χ0v) is 32.9. The topological polar surface area (TPSA) is 52.3 Å². The number of aryl methyl sites for hydroxylation is 1. The Morgan fingerprint density at radius 1 is 1.04 bits per heavy atom. The summed E-state index contributed by atoms with van der Waals surface area (Å²) in [6.07, 6.45) is 16.1. The van der Waals surface area contributed by atoms with Crippen LogP contribution in [-0.2, 0) is 17.6 Å². The molecule has 4 atom stereocenters. The van der Waals surface area contributed by atoms with Crippen molar-refractivity contribution in [2.75, 3.05) is 7.05 Å². The third-order valence-electron chi connectivity index (χ3n) is 11.6. The van der Waals surface area contributed by atoms with Crippen molar-refractivity contribution >= 4 is 5.97 Å². The summed E-state index contributed by atoms with van der Waals surface area (Å²) in [4.78, 5) is 13.5. The van der Waals surface area contributed by atoms with Gasteiger partial charge >= 0.3 is 5.97 Å². The fourth-order valence-corrected chi connectivity index (χ4v) is 7.23. The van der Waals surface area contributed by atoms with Crippen molar-refractivity contribution in [2.24, 2.45) is 40.2 Å². The van der Waals surface area contributed by atoms with E-state index in [0.29, 0.717) is 17.8 Å². The zero-order chi connectivity index (χ0) is 35.7. The second-order valence-corrected chi connectivity index (χ2v) is 14.7. The second kappa shape index (κ2) is 21.9. The number of rotatable bonds is 9. The molecule has 0 spiro atoms. The van der Waals surface area contributed by atoms with Crippen LogP contribution in [0.1, 0.15) is 170 Å². The van der Waals surface area contributed by atoms with Gasteiger partial charge in [-0.1, -0.05) is 120 Å². The number of nitrogens with two attached hydrogens (primary N) is 1. The normalized spacial score (nSPS) is 22.3. The maximum absolute atomic E-state index is 13.5. The van der Waals surface area contributed by atoms with E-state index in [0.717, 1.165) is 56.1 Å². The minimum absolute atomic E-state index is 0.0220. The molecule has 3 heteroatoms. The Labute approximate surface area is 287 Å². The van der Waals surface area contributed by atoms with Gasteiger partial charge in [0.1, 0.15) is 5.75 Å². The molecular weight excluding hydrogens is 562 g/mol. The lowest BCUT2D eigenvalue weighted by Crippen LogP contribution is -2.40. The first-order valence-electron chi connectivity index (χ1n) is 19.0. The summed E-state index contributed by atoms with van der Waals surface area (Å²) in [5, 5.41) is 0. The van der Waals surface area contributed by atoms with E-state index < -0.39 is 0 Å². The van der Waals surface area contributed by atoms with Gasteiger partial charge in [-0.05, 0) is 112 Å². The van der Waals surface area contributed by atoms with E-state index >= 15 is 0 Å². The highest BCUT2D eigenvalue weighted by Gasteiger charge is 2.47. The molecule has 3 nitrogen and oxygen atoms in total. The third kappa shape index (κ3) is 11.4. The van der Waals surface area contributed by atoms with Gasteiger partial charge < -0.3 is 10.5 Å². The summed E-state index contributed by atoms with van der Waals surface area (Å²) in [6.45, 7) is 33.2. The lowest BCUT2D eigenvalue weighted by molar-refractivity contribution is -0.151. The van der Waals surface area contributed by atoms with Crippen LogP contribution < -0.4 is 10.5 Å². The average Bonchev–Trinajstić information content (AvgIpc) is 3.11. The molecule has 2 N–H and O–H groups in total. The first-order valence-corrected chi connectivity index (χ1v) is 19.0. The Kier molecular flexibility index (Phi) is 21.0. The Hall–Kier alpha value is -1.87. The number of carbonyl (C=O) groups excluding carboxylic acids is 1. The van der Waals surface area contributed by atoms with Crippen molar-refractivity contribution in [3.05, 3.63) is 53.6 Å². The van der Waals surface area contributed by atoms with Crippen LogP contribution in [0.25, 0.3) is 0 Å². The molecule has 0 amide bonds. The molecule has 0 aromatic heterocycles. The quantitative estimate of drug-likeness (QED) is 0.127. The summed E-state index contributed by atoms with van der Waals surface area (Å²) in [6, 6.07) is 4.71. The minimum atomic E-state index is -0.250. The number of allylic oxidation sites excluding steroid dienone is 2. The fraction of sp³-hybridized carbons (Fsp3) is 0.744. The molecule has 3 aliphatic carbocycles. The van der Waals surface area contributed by atoms with E-state index in [1.807, 2.05) is 13.8 Å². The van der Waals surface area contributed by atoms with Gasteiger partial charge in [-0.3, -0.25) is 4.79 Å². The average molecular weight is 640 g/mol. The highest BCUT2D eigenvalue weighted by atomic mass is 16.5. The summed E-state index contributed by atoms with van der Waals surface area (Å²) in [5.74, 6) is 4.21. The Morgan fingerprint density at radius 2 is 1.65 bits per heavy atom. The third-order valence-corrected chi connectivity index (χ3v) is 11.6. The summed E-state index contributed by atoms with van der Waals surface area (Å²) in [7, 11) is 1.50. The van der Waals surface area contributed by atoms with Crippen LogP contribution in [0.5, 0.6) is 5.75 Å². The summed E-state index contributed by atoms with van der Waals surface area (Å²) < 4.78 is 6.43. The highest BCUT2D eigenvalue weighted by molar-refractivity contribution is 5.80. The van der Waals surface area contributed by atoms with E-state index in [1.54, 1.807) is 0 Å². The molecular formula is C43H77NO2. The van der Waals surface area contributed by atoms with Gasteiger partial charge in [-0.25, -0.2) is 0 Å². The number of hydrogen-bond donors (Lipinski definition) is 1. The number of hydrogen-bond acceptors (Lipinski definition) is 3. The standard InChI is InChI=1S/C31H46O2.C7H16.C2H6.C2H4.CH5N/c1-7-9-10-12-23-19-24-18-22(4)30(5,6)26-14-13-21(3)17-25(26)28(24)27(20-23)33-29(32)31(8-2)15-11-16-31;1-5-7(4)6(2)3;3*1-2/h17,19-20,22,25-26H,7-16,18H2,1-6H3;6-7H,5H2,1-4H3;1-2H3;1-2H2;2H2,1H3. The lowest BCUT2D eigenvalue weighted by Gasteiger charge is -2.43. The molecule has 0 saturated heterocycles. The van der Waals surface area contributed by atoms with Crippen molar-refractivity contribution in [3.63, 3.8) is 0 Å². The van der Waals surface area contributed by atoms with Crippen LogP contribution >= 0.6 is 0 Å². The molecule has 0 bridgehead atoms. The maximum Gasteiger partial charge on any atom is 0.317 e. The SMILES string of the molecule is C=C.CC.CCC(C)C(C)C.CCCCCc1cc2c(c(OC(=O)C3(CC)CCC3)c1)C1C=C(C)CCC1C(C)(C)C(C)C2.CN. The molecule has 4 unspecified atom stereocenters. The van der Waals surface area contributed by atoms with Gasteiger partial charge in [0.05, 0.1) is 5.41 Å². The van der Waals surface area contributed by atoms with E-state index in [1.165, 1.54) is 67.8 Å². The molecule has 1 aromatic carbocycles. The fourth-order valence-electron chi connectivity index (χ4n) is 7.23. The van der Waals surface area contributed by atoms with E-state index in [-0.39, 0.29) is 16.8 Å². The zero-order valence-electron chi connectivity index (χ0n) is 32.9. The minimum Gasteiger partial charge on any atom is -0.426 e. The van der Waals surface area contributed by atoms with Crippen LogP contribution in [0.3, 0.4) is 0 Å². The van der Waals surface area contributed by atoms with Crippen LogP contribution in [0.15, 0.2) is 36.9 Å². The van der Waals surface area contributed by atoms with E-state index in [2.05, 4.69) is 106 Å². The summed E-state index contributed by atoms with van der Waals surface area (Å²) >= 11 is 0. The molecule has 4 rings (SSSR count). The number of carbonyl (C=O) groups is 1. The van der Waals surface area contributed by atoms with Gasteiger partial charge in [0, 0.05) is 11.5 Å². The molecule has 0 heterocycles. The monoisotopic (exact) mass is 640 g/mol. The van der Waals surface area contributed by atoms with Crippen molar-refractivity contribution in [2.45, 2.75) is 166 Å². The van der Waals surface area contributed by atoms with E-state index in [9.17, 15) is 4.79 Å². The molecule has 3 aliphatic rings. The van der Waals surface area contributed by atoms with Gasteiger partial charge in [0.2, 0.25) is 0 Å². The van der Waals surface area contributed by atoms with Crippen LogP contribution in [0, 0.1) is 34.5 Å². The van der Waals surface area contributed by atoms with Gasteiger partial charge in [-0.2, -0.15) is 0 Å². The van der Waals surface area contributed by atoms with Crippen molar-refractivity contribution in [1.29, 1.82) is 0 Å². The Morgan fingerprint density at radius 3 is 2.11 bits per heavy atom. The predicted octanol–water partition coefficient (Wildman–Crippen LogP) is 12.7. The molecule has 1 aromatic rings. The Bertz CT molecular complexity index is 1030. The molecule has 1 fully saturated rings. The van der Waals surface area contributed by atoms with Crippen LogP contribution in [-0.4, -0.2) is 13.0 Å². The molecule has 1 saturated carbocycles. The van der Waals surface area contributed by atoms with Crippen LogP contribution in [0.4, 0.5) is 0 Å². The number of fused-ring (bicyclic) bond motifs is 3. The molecule has 266 valence electrons. The number of benzene rings is 1. The predicted molar refractivity (Wildman–Crippen MR) is 205 cm³/mol. The summed E-state index contributed by atoms with van der Waals surface area (Å²) in [5.41, 5.74) is 10.1. The molecule has 0 radical (unpaired) electrons. The number of ether oxygens (including phenoxy) is 1. The molecule has 0 aliphatic heterocycles. The Balaban J connectivity index is 0.00000135. The van der Waals surface area contributed by atoms with Crippen molar-refractivity contribution < 1.29 is 9.53 Å².